The Balaban J connectivity index is 0.000000240. The zero-order chi connectivity index (χ0) is 31.2. The molecule has 0 spiro atoms. The van der Waals surface area contributed by atoms with Gasteiger partial charge in [0.1, 0.15) is 5.58 Å². The van der Waals surface area contributed by atoms with Gasteiger partial charge in [0.05, 0.1) is 5.58 Å². The number of nitrogens with zero attached hydrogens (tertiary/aromatic N) is 2. The number of pyridine rings is 2. The van der Waals surface area contributed by atoms with Gasteiger partial charge in [0, 0.05) is 55.7 Å². The van der Waals surface area contributed by atoms with Crippen LogP contribution in [-0.2, 0) is 20.1 Å². The number of thiophene rings is 1. The molecule has 39 heavy (non-hydrogen) atoms. The number of rotatable bonds is 2. The molecule has 0 saturated heterocycles. The molecule has 7 aromatic rings. The standard InChI is InChI=1S/C22H16NOS.C12H10N.Ir/c1-12-7-19(23-11-13(12)2)17-6-4-5-16-18-9-15-8-14(3)25-21(15)10-20(18)24-22(16)17;1-10-7-8-12(13-9-10)11-5-3-2-4-6-11;/h4-5,7-11H,1-3H3;2-5,7-9H,1H3;/q2*-1;/i1D3,2D3;;. The second kappa shape index (κ2) is 11.2. The van der Waals surface area contributed by atoms with Crippen LogP contribution in [0.5, 0.6) is 0 Å². The number of hydrogen-bond acceptors (Lipinski definition) is 4. The van der Waals surface area contributed by atoms with E-state index in [-0.39, 0.29) is 31.2 Å². The second-order valence-corrected chi connectivity index (χ2v) is 10.3. The van der Waals surface area contributed by atoms with Gasteiger partial charge in [-0.05, 0) is 73.7 Å². The third-order valence-electron chi connectivity index (χ3n) is 6.25. The van der Waals surface area contributed by atoms with Gasteiger partial charge < -0.3 is 14.4 Å². The molecule has 1 radical (unpaired) electrons. The van der Waals surface area contributed by atoms with E-state index in [1.54, 1.807) is 17.4 Å². The van der Waals surface area contributed by atoms with Crippen LogP contribution < -0.4 is 0 Å². The molecule has 0 aliphatic carbocycles. The molecule has 0 atom stereocenters. The van der Waals surface area contributed by atoms with Crippen molar-refractivity contribution in [1.29, 1.82) is 0 Å². The molecular weight excluding hydrogens is 677 g/mol. The second-order valence-electron chi connectivity index (χ2n) is 9.05. The molecule has 0 aliphatic rings. The van der Waals surface area contributed by atoms with Crippen LogP contribution >= 0.6 is 11.3 Å². The Bertz CT molecular complexity index is 2120. The monoisotopic (exact) mass is 709 g/mol. The maximum Gasteiger partial charge on any atom is 0.122 e. The summed E-state index contributed by atoms with van der Waals surface area (Å²) in [6.45, 7) is -1.07. The first-order valence-electron chi connectivity index (χ1n) is 15.1. The van der Waals surface area contributed by atoms with Crippen LogP contribution in [0.3, 0.4) is 0 Å². The molecule has 5 heteroatoms. The Kier molecular flexibility index (Phi) is 5.85. The Morgan fingerprint density at radius 1 is 0.821 bits per heavy atom. The average Bonchev–Trinajstić information content (AvgIpc) is 3.54. The molecular formula is C34H26IrN2OS-2. The van der Waals surface area contributed by atoms with E-state index in [9.17, 15) is 0 Å². The molecule has 0 unspecified atom stereocenters. The van der Waals surface area contributed by atoms with E-state index >= 15 is 0 Å². The third-order valence-corrected chi connectivity index (χ3v) is 7.26. The average molecular weight is 709 g/mol. The van der Waals surface area contributed by atoms with E-state index in [2.05, 4.69) is 47.2 Å². The van der Waals surface area contributed by atoms with E-state index < -0.39 is 13.7 Å². The molecule has 3 nitrogen and oxygen atoms in total. The molecule has 4 aromatic heterocycles. The van der Waals surface area contributed by atoms with Crippen molar-refractivity contribution in [3.05, 3.63) is 119 Å². The van der Waals surface area contributed by atoms with E-state index in [0.717, 1.165) is 43.9 Å². The normalized spacial score (nSPS) is 13.8. The predicted octanol–water partition coefficient (Wildman–Crippen LogP) is 9.44. The van der Waals surface area contributed by atoms with Gasteiger partial charge in [-0.25, -0.2) is 0 Å². The van der Waals surface area contributed by atoms with Crippen molar-refractivity contribution in [1.82, 2.24) is 9.97 Å². The molecule has 0 N–H and O–H groups in total. The maximum absolute atomic E-state index is 7.81. The Morgan fingerprint density at radius 2 is 1.69 bits per heavy atom. The summed E-state index contributed by atoms with van der Waals surface area (Å²) in [4.78, 5) is 9.80. The van der Waals surface area contributed by atoms with E-state index in [1.807, 2.05) is 55.6 Å². The van der Waals surface area contributed by atoms with Gasteiger partial charge in [-0.2, -0.15) is 0 Å². The molecule has 0 fully saturated rings. The molecule has 0 saturated carbocycles. The topological polar surface area (TPSA) is 38.9 Å². The molecule has 0 bridgehead atoms. The Morgan fingerprint density at radius 3 is 2.46 bits per heavy atom. The van der Waals surface area contributed by atoms with E-state index in [4.69, 9.17) is 12.6 Å². The Hall–Kier alpha value is -3.63. The minimum absolute atomic E-state index is 0. The van der Waals surface area contributed by atoms with Gasteiger partial charge in [0.25, 0.3) is 0 Å². The van der Waals surface area contributed by atoms with Crippen molar-refractivity contribution in [3.8, 4) is 22.5 Å². The summed E-state index contributed by atoms with van der Waals surface area (Å²) in [5.41, 5.74) is 4.75. The van der Waals surface area contributed by atoms with E-state index in [1.165, 1.54) is 16.5 Å². The minimum Gasteiger partial charge on any atom is -0.501 e. The number of fused-ring (bicyclic) bond motifs is 4. The summed E-state index contributed by atoms with van der Waals surface area (Å²) in [7, 11) is 0. The fourth-order valence-corrected chi connectivity index (χ4v) is 5.30. The van der Waals surface area contributed by atoms with Crippen molar-refractivity contribution in [2.24, 2.45) is 0 Å². The van der Waals surface area contributed by atoms with Crippen molar-refractivity contribution >= 4 is 43.4 Å². The molecule has 0 aliphatic heterocycles. The summed E-state index contributed by atoms with van der Waals surface area (Å²) in [6.07, 6.45) is 2.99. The van der Waals surface area contributed by atoms with Gasteiger partial charge in [-0.3, -0.25) is 0 Å². The predicted molar refractivity (Wildman–Crippen MR) is 159 cm³/mol. The van der Waals surface area contributed by atoms with Gasteiger partial charge >= 0.3 is 0 Å². The zero-order valence-electron chi connectivity index (χ0n) is 27.1. The molecule has 7 rings (SSSR count). The first-order chi connectivity index (χ1) is 20.9. The first-order valence-corrected chi connectivity index (χ1v) is 12.9. The quantitative estimate of drug-likeness (QED) is 0.168. The maximum atomic E-state index is 7.81. The summed E-state index contributed by atoms with van der Waals surface area (Å²) < 4.78 is 53.7. The summed E-state index contributed by atoms with van der Waals surface area (Å²) >= 11 is 1.69. The summed E-state index contributed by atoms with van der Waals surface area (Å²) in [5, 5.41) is 2.95. The van der Waals surface area contributed by atoms with Crippen LogP contribution in [0.4, 0.5) is 0 Å². The number of aryl methyl sites for hydroxylation is 4. The van der Waals surface area contributed by atoms with Crippen LogP contribution in [0, 0.1) is 39.7 Å². The molecule has 0 amide bonds. The largest absolute Gasteiger partial charge is 0.501 e. The summed E-state index contributed by atoms with van der Waals surface area (Å²) in [6, 6.07) is 29.3. The Labute approximate surface area is 254 Å². The molecule has 195 valence electrons. The summed E-state index contributed by atoms with van der Waals surface area (Å²) in [5.74, 6) is 0. The zero-order valence-corrected chi connectivity index (χ0v) is 24.3. The van der Waals surface area contributed by atoms with Gasteiger partial charge in [-0.15, -0.1) is 65.4 Å². The molecule has 3 aromatic carbocycles. The number of furan rings is 1. The third kappa shape index (κ3) is 5.44. The molecule has 4 heterocycles. The smallest absolute Gasteiger partial charge is 0.122 e. The van der Waals surface area contributed by atoms with Crippen molar-refractivity contribution < 1.29 is 32.7 Å². The minimum atomic E-state index is -2.59. The number of benzene rings is 3. The fraction of sp³-hybridized carbons (Fsp3) is 0.118. The van der Waals surface area contributed by atoms with Crippen LogP contribution in [-0.4, -0.2) is 9.97 Å². The number of hydrogen-bond donors (Lipinski definition) is 0. The van der Waals surface area contributed by atoms with Crippen molar-refractivity contribution in [2.75, 3.05) is 0 Å². The van der Waals surface area contributed by atoms with Crippen molar-refractivity contribution in [2.45, 2.75) is 27.6 Å². The van der Waals surface area contributed by atoms with Gasteiger partial charge in [-0.1, -0.05) is 34.7 Å². The van der Waals surface area contributed by atoms with Crippen LogP contribution in [0.2, 0.25) is 0 Å². The number of aromatic nitrogens is 2. The van der Waals surface area contributed by atoms with Crippen LogP contribution in [0.25, 0.3) is 54.5 Å². The van der Waals surface area contributed by atoms with Gasteiger partial charge in [0.15, 0.2) is 0 Å². The SMILES string of the molecule is Cc1ccc(-c2[c-]cccc2)nc1.[2H]C([2H])([2H])c1cnc(-c2[c-]ccc3c2oc2cc4sc(C)cc4cc23)cc1C([2H])([2H])[2H].[Ir]. The van der Waals surface area contributed by atoms with Crippen LogP contribution in [0.15, 0.2) is 89.6 Å². The van der Waals surface area contributed by atoms with Crippen molar-refractivity contribution in [3.63, 3.8) is 0 Å². The van der Waals surface area contributed by atoms with E-state index in [0.29, 0.717) is 16.8 Å². The fourth-order valence-electron chi connectivity index (χ4n) is 4.37. The van der Waals surface area contributed by atoms with Gasteiger partial charge in [0.2, 0.25) is 0 Å². The first kappa shape index (κ1) is 20.3. The van der Waals surface area contributed by atoms with Crippen LogP contribution in [0.1, 0.15) is 29.8 Å².